The molecule has 4 nitrogen and oxygen atoms in total. The lowest BCUT2D eigenvalue weighted by Gasteiger charge is -2.20. The summed E-state index contributed by atoms with van der Waals surface area (Å²) in [6.45, 7) is 6.13. The Labute approximate surface area is 133 Å². The van der Waals surface area contributed by atoms with Crippen LogP contribution >= 0.6 is 22.6 Å². The Bertz CT molecular complexity index is 590. The van der Waals surface area contributed by atoms with Gasteiger partial charge in [-0.25, -0.2) is 4.98 Å². The number of hydrogen-bond donors (Lipinski definition) is 0. The molecule has 0 unspecified atom stereocenters. The summed E-state index contributed by atoms with van der Waals surface area (Å²) in [6, 6.07) is 7.80. The van der Waals surface area contributed by atoms with Crippen molar-refractivity contribution >= 4 is 28.5 Å². The molecule has 0 spiro atoms. The van der Waals surface area contributed by atoms with Gasteiger partial charge in [-0.05, 0) is 48.1 Å². The van der Waals surface area contributed by atoms with Crippen LogP contribution in [0.3, 0.4) is 0 Å². The third kappa shape index (κ3) is 3.20. The van der Waals surface area contributed by atoms with E-state index in [0.29, 0.717) is 6.54 Å². The van der Waals surface area contributed by atoms with Gasteiger partial charge in [-0.2, -0.15) is 0 Å². The predicted octanol–water partition coefficient (Wildman–Crippen LogP) is 3.02. The number of imidazole rings is 1. The Morgan fingerprint density at radius 1 is 1.30 bits per heavy atom. The highest BCUT2D eigenvalue weighted by Crippen LogP contribution is 2.15. The highest BCUT2D eigenvalue weighted by atomic mass is 127. The van der Waals surface area contributed by atoms with E-state index in [9.17, 15) is 4.79 Å². The lowest BCUT2D eigenvalue weighted by atomic mass is 10.1. The standard InChI is InChI=1S/C15H18IN3O/c1-3-18(4-2)15(20)13-8-6-5-7-12(13)10-19-11-17-9-14(19)16/h5-9,11H,3-4,10H2,1-2H3. The minimum Gasteiger partial charge on any atom is -0.339 e. The van der Waals surface area contributed by atoms with Gasteiger partial charge in [0.15, 0.2) is 0 Å². The largest absolute Gasteiger partial charge is 0.339 e. The first-order valence-electron chi connectivity index (χ1n) is 6.70. The van der Waals surface area contributed by atoms with Gasteiger partial charge in [0.05, 0.1) is 22.8 Å². The molecule has 0 saturated carbocycles. The Morgan fingerprint density at radius 2 is 2.00 bits per heavy atom. The van der Waals surface area contributed by atoms with Crippen molar-refractivity contribution < 1.29 is 4.79 Å². The molecule has 0 fully saturated rings. The normalized spacial score (nSPS) is 10.6. The van der Waals surface area contributed by atoms with E-state index in [1.165, 1.54) is 0 Å². The first kappa shape index (κ1) is 15.0. The lowest BCUT2D eigenvalue weighted by molar-refractivity contribution is 0.0772. The van der Waals surface area contributed by atoms with Crippen LogP contribution in [0.1, 0.15) is 29.8 Å². The van der Waals surface area contributed by atoms with Crippen molar-refractivity contribution in [3.05, 3.63) is 51.6 Å². The fourth-order valence-corrected chi connectivity index (χ4v) is 2.61. The van der Waals surface area contributed by atoms with E-state index in [1.807, 2.05) is 53.8 Å². The van der Waals surface area contributed by atoms with Crippen molar-refractivity contribution in [2.45, 2.75) is 20.4 Å². The van der Waals surface area contributed by atoms with E-state index in [-0.39, 0.29) is 5.91 Å². The maximum Gasteiger partial charge on any atom is 0.254 e. The molecule has 1 heterocycles. The summed E-state index contributed by atoms with van der Waals surface area (Å²) >= 11 is 2.24. The zero-order valence-corrected chi connectivity index (χ0v) is 13.9. The number of halogens is 1. The smallest absolute Gasteiger partial charge is 0.254 e. The molecule has 0 bridgehead atoms. The van der Waals surface area contributed by atoms with Crippen molar-refractivity contribution in [2.75, 3.05) is 13.1 Å². The number of carbonyl (C=O) groups is 1. The number of nitrogens with zero attached hydrogens (tertiary/aromatic N) is 3. The third-order valence-corrected chi connectivity index (χ3v) is 4.20. The zero-order valence-electron chi connectivity index (χ0n) is 11.7. The zero-order chi connectivity index (χ0) is 14.5. The Kier molecular flexibility index (Phi) is 5.17. The Hall–Kier alpha value is -1.37. The summed E-state index contributed by atoms with van der Waals surface area (Å²) in [4.78, 5) is 18.5. The average Bonchev–Trinajstić information content (AvgIpc) is 2.86. The molecule has 0 aliphatic carbocycles. The van der Waals surface area contributed by atoms with Crippen LogP contribution in [0.15, 0.2) is 36.8 Å². The number of amides is 1. The summed E-state index contributed by atoms with van der Waals surface area (Å²) in [5, 5.41) is 0. The fraction of sp³-hybridized carbons (Fsp3) is 0.333. The summed E-state index contributed by atoms with van der Waals surface area (Å²) in [6.07, 6.45) is 3.61. The monoisotopic (exact) mass is 383 g/mol. The maximum absolute atomic E-state index is 12.5. The Balaban J connectivity index is 2.31. The number of hydrogen-bond acceptors (Lipinski definition) is 2. The highest BCUT2D eigenvalue weighted by molar-refractivity contribution is 14.1. The molecule has 5 heteroatoms. The van der Waals surface area contributed by atoms with Crippen LogP contribution < -0.4 is 0 Å². The quantitative estimate of drug-likeness (QED) is 0.745. The average molecular weight is 383 g/mol. The van der Waals surface area contributed by atoms with Crippen LogP contribution in [0.2, 0.25) is 0 Å². The number of benzene rings is 1. The third-order valence-electron chi connectivity index (χ3n) is 3.30. The molecule has 0 atom stereocenters. The van der Waals surface area contributed by atoms with E-state index < -0.39 is 0 Å². The molecule has 2 aromatic rings. The number of carbonyl (C=O) groups excluding carboxylic acids is 1. The summed E-state index contributed by atoms with van der Waals surface area (Å²) < 4.78 is 3.10. The van der Waals surface area contributed by atoms with Gasteiger partial charge >= 0.3 is 0 Å². The van der Waals surface area contributed by atoms with Crippen molar-refractivity contribution in [1.82, 2.24) is 14.5 Å². The number of rotatable bonds is 5. The predicted molar refractivity (Wildman–Crippen MR) is 87.7 cm³/mol. The SMILES string of the molecule is CCN(CC)C(=O)c1ccccc1Cn1cncc1I. The minimum atomic E-state index is 0.0979. The van der Waals surface area contributed by atoms with Crippen LogP contribution in [-0.4, -0.2) is 33.4 Å². The van der Waals surface area contributed by atoms with Crippen LogP contribution in [0.5, 0.6) is 0 Å². The topological polar surface area (TPSA) is 38.1 Å². The number of aromatic nitrogens is 2. The summed E-state index contributed by atoms with van der Waals surface area (Å²) in [5.74, 6) is 0.0979. The summed E-state index contributed by atoms with van der Waals surface area (Å²) in [7, 11) is 0. The second-order valence-corrected chi connectivity index (χ2v) is 5.58. The molecule has 0 aliphatic rings. The molecule has 0 radical (unpaired) electrons. The van der Waals surface area contributed by atoms with Gasteiger partial charge in [0.25, 0.3) is 5.91 Å². The van der Waals surface area contributed by atoms with E-state index in [4.69, 9.17) is 0 Å². The first-order chi connectivity index (χ1) is 9.67. The molecule has 106 valence electrons. The van der Waals surface area contributed by atoms with Crippen molar-refractivity contribution in [3.63, 3.8) is 0 Å². The van der Waals surface area contributed by atoms with Gasteiger partial charge in [0.1, 0.15) is 0 Å². The fourth-order valence-electron chi connectivity index (χ4n) is 2.15. The maximum atomic E-state index is 12.5. The molecule has 0 N–H and O–H groups in total. The van der Waals surface area contributed by atoms with Crippen LogP contribution in [0.25, 0.3) is 0 Å². The van der Waals surface area contributed by atoms with E-state index in [1.54, 1.807) is 6.33 Å². The van der Waals surface area contributed by atoms with Gasteiger partial charge in [-0.3, -0.25) is 4.79 Å². The molecular weight excluding hydrogens is 365 g/mol. The molecule has 0 saturated heterocycles. The second kappa shape index (κ2) is 6.88. The van der Waals surface area contributed by atoms with Gasteiger partial charge in [-0.1, -0.05) is 18.2 Å². The van der Waals surface area contributed by atoms with Crippen LogP contribution in [-0.2, 0) is 6.54 Å². The highest BCUT2D eigenvalue weighted by Gasteiger charge is 2.16. The van der Waals surface area contributed by atoms with Gasteiger partial charge in [-0.15, -0.1) is 0 Å². The second-order valence-electron chi connectivity index (χ2n) is 4.48. The molecule has 20 heavy (non-hydrogen) atoms. The van der Waals surface area contributed by atoms with Crippen molar-refractivity contribution in [1.29, 1.82) is 0 Å². The molecule has 1 aromatic heterocycles. The molecule has 2 rings (SSSR count). The van der Waals surface area contributed by atoms with Crippen molar-refractivity contribution in [2.24, 2.45) is 0 Å². The van der Waals surface area contributed by atoms with Crippen molar-refractivity contribution in [3.8, 4) is 0 Å². The van der Waals surface area contributed by atoms with Crippen LogP contribution in [0, 0.1) is 3.70 Å². The van der Waals surface area contributed by atoms with Gasteiger partial charge in [0, 0.05) is 18.7 Å². The van der Waals surface area contributed by atoms with E-state index in [0.717, 1.165) is 27.9 Å². The summed E-state index contributed by atoms with van der Waals surface area (Å²) in [5.41, 5.74) is 1.81. The Morgan fingerprint density at radius 3 is 2.60 bits per heavy atom. The molecule has 1 aromatic carbocycles. The molecular formula is C15H18IN3O. The van der Waals surface area contributed by atoms with Gasteiger partial charge < -0.3 is 9.47 Å². The first-order valence-corrected chi connectivity index (χ1v) is 7.78. The van der Waals surface area contributed by atoms with Gasteiger partial charge in [0.2, 0.25) is 0 Å². The molecule has 0 aliphatic heterocycles. The van der Waals surface area contributed by atoms with E-state index >= 15 is 0 Å². The van der Waals surface area contributed by atoms with E-state index in [2.05, 4.69) is 27.6 Å². The molecule has 1 amide bonds. The van der Waals surface area contributed by atoms with Crippen LogP contribution in [0.4, 0.5) is 0 Å². The lowest BCUT2D eigenvalue weighted by Crippen LogP contribution is -2.31. The minimum absolute atomic E-state index is 0.0979.